The van der Waals surface area contributed by atoms with Crippen LogP contribution in [0.5, 0.6) is 5.75 Å². The van der Waals surface area contributed by atoms with Crippen LogP contribution in [0, 0.1) is 10.1 Å². The molecule has 0 aromatic heterocycles. The lowest BCUT2D eigenvalue weighted by atomic mass is 10.2. The Hall–Kier alpha value is -1.54. The Morgan fingerprint density at radius 1 is 1.50 bits per heavy atom. The number of nitro groups is 1. The number of rotatable bonds is 4. The molecule has 0 atom stereocenters. The zero-order chi connectivity index (χ0) is 12.3. The van der Waals surface area contributed by atoms with Crippen molar-refractivity contribution in [1.29, 1.82) is 0 Å². The molecule has 1 N–H and O–H groups in total. The molecule has 0 amide bonds. The van der Waals surface area contributed by atoms with Crippen molar-refractivity contribution in [2.24, 2.45) is 0 Å². The van der Waals surface area contributed by atoms with E-state index < -0.39 is 19.8 Å². The molecule has 0 saturated carbocycles. The maximum atomic E-state index is 10.7. The Morgan fingerprint density at radius 2 is 2.12 bits per heavy atom. The molecule has 0 heterocycles. The zero-order valence-electron chi connectivity index (χ0n) is 8.01. The molecule has 7 nitrogen and oxygen atoms in total. The summed E-state index contributed by atoms with van der Waals surface area (Å²) in [6.07, 6.45) is 0. The molecule has 1 rings (SSSR count). The van der Waals surface area contributed by atoms with Crippen LogP contribution in [0.2, 0.25) is 0 Å². The Labute approximate surface area is 95.7 Å². The van der Waals surface area contributed by atoms with E-state index in [1.54, 1.807) is 0 Å². The summed E-state index contributed by atoms with van der Waals surface area (Å²) in [5.41, 5.74) is -0.663. The maximum absolute atomic E-state index is 10.7. The van der Waals surface area contributed by atoms with E-state index in [0.29, 0.717) is 0 Å². The largest absolute Gasteiger partial charge is 0.496 e. The van der Waals surface area contributed by atoms with Crippen LogP contribution in [0.3, 0.4) is 0 Å². The molecule has 1 aromatic carbocycles. The summed E-state index contributed by atoms with van der Waals surface area (Å²) in [5.74, 6) is 0.240. The standard InChI is InChI=1S/C7H7ClN2O5S/c1-15-5-2-3-6(9-16(8,13)14)7(4-5)10(11)12/h2-4,9H,1H3. The number of nitrogens with zero attached hydrogens (tertiary/aromatic N) is 1. The predicted molar refractivity (Wildman–Crippen MR) is 58.0 cm³/mol. The minimum absolute atomic E-state index is 0.221. The summed E-state index contributed by atoms with van der Waals surface area (Å²) in [6, 6.07) is 3.65. The van der Waals surface area contributed by atoms with Crippen molar-refractivity contribution in [2.75, 3.05) is 11.8 Å². The van der Waals surface area contributed by atoms with Gasteiger partial charge in [-0.1, -0.05) is 0 Å². The molecule has 1 aromatic rings. The number of hydrogen-bond acceptors (Lipinski definition) is 5. The van der Waals surface area contributed by atoms with E-state index in [0.717, 1.165) is 6.07 Å². The molecule has 0 aliphatic carbocycles. The van der Waals surface area contributed by atoms with Crippen LogP contribution >= 0.6 is 10.7 Å². The van der Waals surface area contributed by atoms with E-state index in [1.807, 2.05) is 4.72 Å². The van der Waals surface area contributed by atoms with Crippen molar-refractivity contribution in [3.05, 3.63) is 28.3 Å². The van der Waals surface area contributed by atoms with Crippen molar-refractivity contribution < 1.29 is 18.1 Å². The third-order valence-corrected chi connectivity index (χ3v) is 2.33. The molecule has 0 saturated heterocycles. The third kappa shape index (κ3) is 3.24. The van der Waals surface area contributed by atoms with Crippen LogP contribution in [0.15, 0.2) is 18.2 Å². The van der Waals surface area contributed by atoms with Crippen LogP contribution in [0.1, 0.15) is 0 Å². The first-order valence-corrected chi connectivity index (χ1v) is 6.19. The number of benzene rings is 1. The molecule has 0 spiro atoms. The highest BCUT2D eigenvalue weighted by Crippen LogP contribution is 2.29. The summed E-state index contributed by atoms with van der Waals surface area (Å²) in [4.78, 5) is 9.90. The third-order valence-electron chi connectivity index (χ3n) is 1.63. The van der Waals surface area contributed by atoms with Crippen LogP contribution < -0.4 is 9.46 Å². The molecular weight excluding hydrogens is 260 g/mol. The number of ether oxygens (including phenoxy) is 1. The van der Waals surface area contributed by atoms with Gasteiger partial charge in [-0.25, -0.2) is 0 Å². The molecule has 9 heteroatoms. The fourth-order valence-corrected chi connectivity index (χ4v) is 1.69. The fourth-order valence-electron chi connectivity index (χ4n) is 1.01. The highest BCUT2D eigenvalue weighted by molar-refractivity contribution is 8.14. The lowest BCUT2D eigenvalue weighted by molar-refractivity contribution is -0.384. The Balaban J connectivity index is 3.23. The predicted octanol–water partition coefficient (Wildman–Crippen LogP) is 1.50. The normalized spacial score (nSPS) is 10.9. The van der Waals surface area contributed by atoms with Gasteiger partial charge < -0.3 is 4.74 Å². The van der Waals surface area contributed by atoms with Gasteiger partial charge in [0.1, 0.15) is 11.4 Å². The van der Waals surface area contributed by atoms with Gasteiger partial charge in [-0.3, -0.25) is 14.8 Å². The highest BCUT2D eigenvalue weighted by atomic mass is 35.7. The smallest absolute Gasteiger partial charge is 0.319 e. The average Bonchev–Trinajstić information content (AvgIpc) is 2.15. The minimum Gasteiger partial charge on any atom is -0.496 e. The molecule has 0 radical (unpaired) electrons. The summed E-state index contributed by atoms with van der Waals surface area (Å²) < 4.78 is 28.1. The maximum Gasteiger partial charge on any atom is 0.319 e. The van der Waals surface area contributed by atoms with Gasteiger partial charge in [0.15, 0.2) is 0 Å². The van der Waals surface area contributed by atoms with Crippen molar-refractivity contribution in [2.45, 2.75) is 0 Å². The lowest BCUT2D eigenvalue weighted by Crippen LogP contribution is -2.06. The number of anilines is 1. The molecule has 0 bridgehead atoms. The topological polar surface area (TPSA) is 98.5 Å². The quantitative estimate of drug-likeness (QED) is 0.506. The number of nitrogens with one attached hydrogen (secondary N) is 1. The average molecular weight is 267 g/mol. The van der Waals surface area contributed by atoms with Gasteiger partial charge in [-0.15, -0.1) is 0 Å². The van der Waals surface area contributed by atoms with Gasteiger partial charge in [0.2, 0.25) is 0 Å². The van der Waals surface area contributed by atoms with Crippen molar-refractivity contribution in [3.8, 4) is 5.75 Å². The lowest BCUT2D eigenvalue weighted by Gasteiger charge is -2.05. The highest BCUT2D eigenvalue weighted by Gasteiger charge is 2.18. The van der Waals surface area contributed by atoms with Crippen molar-refractivity contribution in [1.82, 2.24) is 0 Å². The van der Waals surface area contributed by atoms with E-state index in [1.165, 1.54) is 19.2 Å². The number of halogens is 1. The molecule has 0 fully saturated rings. The van der Waals surface area contributed by atoms with Crippen LogP contribution in [0.4, 0.5) is 11.4 Å². The Kier molecular flexibility index (Phi) is 3.55. The SMILES string of the molecule is COc1ccc(NS(=O)(=O)Cl)c([N+](=O)[O-])c1. The van der Waals surface area contributed by atoms with Gasteiger partial charge >= 0.3 is 9.24 Å². The molecule has 16 heavy (non-hydrogen) atoms. The molecule has 0 unspecified atom stereocenters. The van der Waals surface area contributed by atoms with E-state index in [9.17, 15) is 18.5 Å². The monoisotopic (exact) mass is 266 g/mol. The zero-order valence-corrected chi connectivity index (χ0v) is 9.58. The van der Waals surface area contributed by atoms with Crippen LogP contribution in [-0.2, 0) is 9.24 Å². The van der Waals surface area contributed by atoms with Gasteiger partial charge in [-0.05, 0) is 12.1 Å². The van der Waals surface area contributed by atoms with Crippen molar-refractivity contribution in [3.63, 3.8) is 0 Å². The summed E-state index contributed by atoms with van der Waals surface area (Å²) in [6.45, 7) is 0. The van der Waals surface area contributed by atoms with Gasteiger partial charge in [-0.2, -0.15) is 8.42 Å². The van der Waals surface area contributed by atoms with Gasteiger partial charge in [0.25, 0.3) is 5.69 Å². The molecule has 88 valence electrons. The van der Waals surface area contributed by atoms with E-state index >= 15 is 0 Å². The van der Waals surface area contributed by atoms with E-state index in [2.05, 4.69) is 0 Å². The second kappa shape index (κ2) is 4.54. The molecule has 0 aliphatic rings. The molecule has 0 aliphatic heterocycles. The Morgan fingerprint density at radius 3 is 2.56 bits per heavy atom. The summed E-state index contributed by atoms with van der Waals surface area (Å²) >= 11 is 0. The fraction of sp³-hybridized carbons (Fsp3) is 0.143. The Bertz CT molecular complexity index is 516. The van der Waals surface area contributed by atoms with E-state index in [-0.39, 0.29) is 11.4 Å². The number of hydrogen-bond donors (Lipinski definition) is 1. The first kappa shape index (κ1) is 12.5. The second-order valence-corrected chi connectivity index (χ2v) is 4.98. The van der Waals surface area contributed by atoms with Gasteiger partial charge in [0, 0.05) is 10.7 Å². The minimum atomic E-state index is -4.08. The van der Waals surface area contributed by atoms with Gasteiger partial charge in [0.05, 0.1) is 18.1 Å². The summed E-state index contributed by atoms with van der Waals surface area (Å²) in [5, 5.41) is 10.6. The van der Waals surface area contributed by atoms with Crippen LogP contribution in [0.25, 0.3) is 0 Å². The summed E-state index contributed by atoms with van der Waals surface area (Å²) in [7, 11) is 2.19. The van der Waals surface area contributed by atoms with Crippen LogP contribution in [-0.4, -0.2) is 20.5 Å². The number of methoxy groups -OCH3 is 1. The first-order valence-electron chi connectivity index (χ1n) is 3.88. The molecular formula is C7H7ClN2O5S. The van der Waals surface area contributed by atoms with E-state index in [4.69, 9.17) is 15.4 Å². The second-order valence-electron chi connectivity index (χ2n) is 2.68. The number of nitro benzene ring substituents is 1. The first-order chi connectivity index (χ1) is 7.33. The van der Waals surface area contributed by atoms with Crippen molar-refractivity contribution >= 4 is 31.3 Å².